The van der Waals surface area contributed by atoms with Crippen molar-refractivity contribution >= 4 is 74.3 Å². The van der Waals surface area contributed by atoms with E-state index in [0.717, 1.165) is 10.1 Å². The molecule has 0 aliphatic rings. The first-order valence-corrected chi connectivity index (χ1v) is 11.1. The molecule has 9 heteroatoms. The van der Waals surface area contributed by atoms with Crippen molar-refractivity contribution in [1.29, 1.82) is 0 Å². The summed E-state index contributed by atoms with van der Waals surface area (Å²) in [5.74, 6) is -0.664. The Kier molecular flexibility index (Phi) is 6.77. The minimum Gasteiger partial charge on any atom is -0.422 e. The Morgan fingerprint density at radius 2 is 1.75 bits per heavy atom. The highest BCUT2D eigenvalue weighted by Crippen LogP contribution is 2.35. The number of hydrazone groups is 1. The van der Waals surface area contributed by atoms with E-state index < -0.39 is 11.9 Å². The molecule has 5 nitrogen and oxygen atoms in total. The second-order valence-electron chi connectivity index (χ2n) is 6.53. The van der Waals surface area contributed by atoms with Crippen molar-refractivity contribution in [2.75, 3.05) is 0 Å². The van der Waals surface area contributed by atoms with Crippen molar-refractivity contribution in [2.45, 2.75) is 0 Å². The molecular weight excluding hydrogens is 491 g/mol. The molecule has 0 bridgehead atoms. The zero-order valence-electron chi connectivity index (χ0n) is 16.1. The fourth-order valence-electron chi connectivity index (χ4n) is 2.82. The molecule has 0 saturated carbocycles. The van der Waals surface area contributed by atoms with E-state index in [-0.39, 0.29) is 5.02 Å². The zero-order valence-corrected chi connectivity index (χ0v) is 19.2. The Morgan fingerprint density at radius 3 is 2.53 bits per heavy atom. The number of carbonyl (C=O) groups is 2. The number of benzene rings is 3. The zero-order chi connectivity index (χ0) is 22.7. The van der Waals surface area contributed by atoms with Gasteiger partial charge in [0.25, 0.3) is 5.91 Å². The van der Waals surface area contributed by atoms with Crippen LogP contribution in [0.25, 0.3) is 10.1 Å². The van der Waals surface area contributed by atoms with Gasteiger partial charge in [0, 0.05) is 15.6 Å². The molecule has 1 N–H and O–H groups in total. The third-order valence-electron chi connectivity index (χ3n) is 4.35. The molecule has 0 saturated heterocycles. The molecule has 0 spiro atoms. The van der Waals surface area contributed by atoms with Crippen molar-refractivity contribution in [3.05, 3.63) is 97.8 Å². The molecule has 1 heterocycles. The topological polar surface area (TPSA) is 67.8 Å². The van der Waals surface area contributed by atoms with Crippen LogP contribution in [0.1, 0.15) is 25.6 Å². The van der Waals surface area contributed by atoms with Crippen LogP contribution in [0.5, 0.6) is 5.75 Å². The molecule has 4 rings (SSSR count). The standard InChI is InChI=1S/C23H13Cl3N2O3S/c24-17-9-8-14(11-18(17)25)22(29)28-27-12-13-4-3-5-15(10-13)31-23(30)21-20(26)16-6-1-2-7-19(16)32-21/h1-12H,(H,28,29)/b27-12-. The molecule has 0 aliphatic heterocycles. The molecule has 32 heavy (non-hydrogen) atoms. The predicted molar refractivity (Wildman–Crippen MR) is 130 cm³/mol. The molecule has 0 unspecified atom stereocenters. The smallest absolute Gasteiger partial charge is 0.355 e. The number of carbonyl (C=O) groups excluding carboxylic acids is 2. The number of nitrogens with zero attached hydrogens (tertiary/aromatic N) is 1. The summed E-state index contributed by atoms with van der Waals surface area (Å²) in [7, 11) is 0. The van der Waals surface area contributed by atoms with Gasteiger partial charge in [-0.15, -0.1) is 11.3 Å². The number of esters is 1. The van der Waals surface area contributed by atoms with Crippen molar-refractivity contribution in [3.8, 4) is 5.75 Å². The van der Waals surface area contributed by atoms with Gasteiger partial charge in [0.2, 0.25) is 0 Å². The predicted octanol–water partition coefficient (Wildman–Crippen LogP) is 6.84. The van der Waals surface area contributed by atoms with Gasteiger partial charge in [-0.25, -0.2) is 10.2 Å². The van der Waals surface area contributed by atoms with Crippen LogP contribution in [0.4, 0.5) is 0 Å². The number of nitrogens with one attached hydrogen (secondary N) is 1. The number of amides is 1. The van der Waals surface area contributed by atoms with E-state index in [2.05, 4.69) is 10.5 Å². The fourth-order valence-corrected chi connectivity index (χ4v) is 4.51. The molecule has 0 fully saturated rings. The largest absolute Gasteiger partial charge is 0.422 e. The second-order valence-corrected chi connectivity index (χ2v) is 8.78. The van der Waals surface area contributed by atoms with Crippen molar-refractivity contribution in [2.24, 2.45) is 5.10 Å². The third kappa shape index (κ3) is 4.95. The minimum atomic E-state index is -0.543. The lowest BCUT2D eigenvalue weighted by Gasteiger charge is -2.04. The first-order chi connectivity index (χ1) is 15.4. The normalized spacial score (nSPS) is 11.1. The van der Waals surface area contributed by atoms with E-state index in [4.69, 9.17) is 39.5 Å². The average Bonchev–Trinajstić information content (AvgIpc) is 3.13. The lowest BCUT2D eigenvalue weighted by atomic mass is 10.2. The highest BCUT2D eigenvalue weighted by molar-refractivity contribution is 7.21. The van der Waals surface area contributed by atoms with Crippen LogP contribution in [0.15, 0.2) is 71.8 Å². The quantitative estimate of drug-likeness (QED) is 0.140. The number of hydrogen-bond donors (Lipinski definition) is 1. The maximum absolute atomic E-state index is 12.6. The fraction of sp³-hybridized carbons (Fsp3) is 0. The monoisotopic (exact) mass is 502 g/mol. The third-order valence-corrected chi connectivity index (χ3v) is 6.74. The van der Waals surface area contributed by atoms with Crippen LogP contribution in [-0.4, -0.2) is 18.1 Å². The van der Waals surface area contributed by atoms with Gasteiger partial charge in [0.1, 0.15) is 10.6 Å². The van der Waals surface area contributed by atoms with E-state index >= 15 is 0 Å². The Hall–Kier alpha value is -2.90. The second kappa shape index (κ2) is 9.71. The molecule has 1 amide bonds. The maximum Gasteiger partial charge on any atom is 0.355 e. The van der Waals surface area contributed by atoms with E-state index in [1.165, 1.54) is 35.8 Å². The summed E-state index contributed by atoms with van der Waals surface area (Å²) in [4.78, 5) is 25.1. The summed E-state index contributed by atoms with van der Waals surface area (Å²) in [6.45, 7) is 0. The maximum atomic E-state index is 12.6. The average molecular weight is 504 g/mol. The Morgan fingerprint density at radius 1 is 0.938 bits per heavy atom. The molecule has 160 valence electrons. The van der Waals surface area contributed by atoms with Gasteiger partial charge < -0.3 is 4.74 Å². The van der Waals surface area contributed by atoms with Gasteiger partial charge in [0.15, 0.2) is 0 Å². The molecular formula is C23H13Cl3N2O3S. The van der Waals surface area contributed by atoms with E-state index in [1.807, 2.05) is 24.3 Å². The van der Waals surface area contributed by atoms with Crippen molar-refractivity contribution in [1.82, 2.24) is 5.43 Å². The van der Waals surface area contributed by atoms with E-state index in [1.54, 1.807) is 24.3 Å². The highest BCUT2D eigenvalue weighted by Gasteiger charge is 2.19. The Bertz CT molecular complexity index is 1370. The van der Waals surface area contributed by atoms with E-state index in [9.17, 15) is 9.59 Å². The lowest BCUT2D eigenvalue weighted by Crippen LogP contribution is -2.17. The number of fused-ring (bicyclic) bond motifs is 1. The molecule has 4 aromatic rings. The van der Waals surface area contributed by atoms with Gasteiger partial charge in [-0.3, -0.25) is 4.79 Å². The highest BCUT2D eigenvalue weighted by atomic mass is 35.5. The lowest BCUT2D eigenvalue weighted by molar-refractivity contribution is 0.0740. The first-order valence-electron chi connectivity index (χ1n) is 9.20. The molecule has 3 aromatic carbocycles. The van der Waals surface area contributed by atoms with Gasteiger partial charge in [-0.1, -0.05) is 65.1 Å². The van der Waals surface area contributed by atoms with Crippen LogP contribution >= 0.6 is 46.1 Å². The molecule has 0 aliphatic carbocycles. The number of hydrogen-bond acceptors (Lipinski definition) is 5. The van der Waals surface area contributed by atoms with Gasteiger partial charge >= 0.3 is 5.97 Å². The number of thiophene rings is 1. The van der Waals surface area contributed by atoms with Crippen molar-refractivity contribution < 1.29 is 14.3 Å². The molecule has 0 radical (unpaired) electrons. The van der Waals surface area contributed by atoms with Crippen LogP contribution in [0, 0.1) is 0 Å². The molecule has 1 aromatic heterocycles. The summed E-state index contributed by atoms with van der Waals surface area (Å²) in [6.07, 6.45) is 1.43. The van der Waals surface area contributed by atoms with E-state index in [0.29, 0.717) is 31.8 Å². The van der Waals surface area contributed by atoms with Crippen LogP contribution in [0.3, 0.4) is 0 Å². The summed E-state index contributed by atoms with van der Waals surface area (Å²) in [5, 5.41) is 5.75. The van der Waals surface area contributed by atoms with Crippen LogP contribution in [-0.2, 0) is 0 Å². The van der Waals surface area contributed by atoms with Gasteiger partial charge in [0.05, 0.1) is 21.3 Å². The Balaban J connectivity index is 1.43. The first kappa shape index (κ1) is 22.3. The molecule has 0 atom stereocenters. The number of rotatable bonds is 5. The van der Waals surface area contributed by atoms with Crippen LogP contribution < -0.4 is 10.2 Å². The summed E-state index contributed by atoms with van der Waals surface area (Å²) in [5.41, 5.74) is 3.34. The summed E-state index contributed by atoms with van der Waals surface area (Å²) in [6, 6.07) is 18.7. The van der Waals surface area contributed by atoms with Crippen molar-refractivity contribution in [3.63, 3.8) is 0 Å². The SMILES string of the molecule is O=C(N/N=C\c1cccc(OC(=O)c2sc3ccccc3c2Cl)c1)c1ccc(Cl)c(Cl)c1. The number of halogens is 3. The Labute approximate surface area is 202 Å². The van der Waals surface area contributed by atoms with Gasteiger partial charge in [-0.2, -0.15) is 5.10 Å². The number of ether oxygens (including phenoxy) is 1. The summed E-state index contributed by atoms with van der Waals surface area (Å²) >= 11 is 19.4. The summed E-state index contributed by atoms with van der Waals surface area (Å²) < 4.78 is 6.39. The minimum absolute atomic E-state index is 0.275. The van der Waals surface area contributed by atoms with Crippen LogP contribution in [0.2, 0.25) is 15.1 Å². The van der Waals surface area contributed by atoms with Gasteiger partial charge in [-0.05, 0) is 42.0 Å².